The van der Waals surface area contributed by atoms with Crippen LogP contribution in [0.1, 0.15) is 46.5 Å². The molecule has 5 atom stereocenters. The van der Waals surface area contributed by atoms with Gasteiger partial charge in [-0.15, -0.1) is 0 Å². The fourth-order valence-corrected chi connectivity index (χ4v) is 4.49. The van der Waals surface area contributed by atoms with Gasteiger partial charge < -0.3 is 18.9 Å². The van der Waals surface area contributed by atoms with Gasteiger partial charge in [-0.3, -0.25) is 14.4 Å². The van der Waals surface area contributed by atoms with Crippen LogP contribution in [-0.4, -0.2) is 49.8 Å². The van der Waals surface area contributed by atoms with Crippen LogP contribution < -0.4 is 0 Å². The second-order valence-corrected chi connectivity index (χ2v) is 8.35. The first-order valence-corrected chi connectivity index (χ1v) is 9.29. The third-order valence-corrected chi connectivity index (χ3v) is 6.44. The summed E-state index contributed by atoms with van der Waals surface area (Å²) in [6, 6.07) is 0. The molecule has 0 aromatic rings. The predicted molar refractivity (Wildman–Crippen MR) is 90.1 cm³/mol. The number of hydrogen-bond acceptors (Lipinski definition) is 8. The number of methoxy groups -OCH3 is 1. The average molecular weight is 382 g/mol. The van der Waals surface area contributed by atoms with Gasteiger partial charge in [0.05, 0.1) is 24.4 Å². The maximum atomic E-state index is 12.4. The lowest BCUT2D eigenvalue weighted by Gasteiger charge is -2.31. The maximum absolute atomic E-state index is 12.4. The van der Waals surface area contributed by atoms with E-state index in [1.54, 1.807) is 13.8 Å². The molecular weight excluding hydrogens is 356 g/mol. The molecule has 2 aliphatic carbocycles. The lowest BCUT2D eigenvalue weighted by molar-refractivity contribution is -0.172. The van der Waals surface area contributed by atoms with Crippen LogP contribution >= 0.6 is 0 Å². The Hall–Kier alpha value is -2.12. The highest BCUT2D eigenvalue weighted by atomic mass is 16.6. The van der Waals surface area contributed by atoms with E-state index in [2.05, 4.69) is 0 Å². The summed E-state index contributed by atoms with van der Waals surface area (Å²) < 4.78 is 20.7. The smallest absolute Gasteiger partial charge is 0.344 e. The molecule has 8 nitrogen and oxygen atoms in total. The van der Waals surface area contributed by atoms with Crippen molar-refractivity contribution in [3.63, 3.8) is 0 Å². The minimum absolute atomic E-state index is 0.00954. The maximum Gasteiger partial charge on any atom is 0.344 e. The largest absolute Gasteiger partial charge is 0.469 e. The summed E-state index contributed by atoms with van der Waals surface area (Å²) in [5, 5.41) is 0. The van der Waals surface area contributed by atoms with Gasteiger partial charge in [0.25, 0.3) is 0 Å². The van der Waals surface area contributed by atoms with Gasteiger partial charge in [-0.2, -0.15) is 0 Å². The number of rotatable bonds is 7. The molecule has 0 aromatic heterocycles. The minimum Gasteiger partial charge on any atom is -0.469 e. The van der Waals surface area contributed by atoms with E-state index in [9.17, 15) is 19.2 Å². The van der Waals surface area contributed by atoms with E-state index < -0.39 is 53.5 Å². The number of carbonyl (C=O) groups is 4. The highest BCUT2D eigenvalue weighted by molar-refractivity contribution is 5.87. The molecule has 2 bridgehead atoms. The molecule has 1 aliphatic heterocycles. The Labute approximate surface area is 157 Å². The van der Waals surface area contributed by atoms with Crippen molar-refractivity contribution in [3.8, 4) is 0 Å². The van der Waals surface area contributed by atoms with Crippen LogP contribution in [0.25, 0.3) is 0 Å². The summed E-state index contributed by atoms with van der Waals surface area (Å²) >= 11 is 0. The van der Waals surface area contributed by atoms with Crippen molar-refractivity contribution in [1.82, 2.24) is 0 Å². The molecule has 5 unspecified atom stereocenters. The van der Waals surface area contributed by atoms with Crippen molar-refractivity contribution in [2.24, 2.45) is 22.7 Å². The van der Waals surface area contributed by atoms with Gasteiger partial charge in [0.1, 0.15) is 12.2 Å². The topological polar surface area (TPSA) is 105 Å². The Morgan fingerprint density at radius 1 is 1.26 bits per heavy atom. The molecule has 2 saturated carbocycles. The summed E-state index contributed by atoms with van der Waals surface area (Å²) in [7, 11) is 1.29. The number of ether oxygens (including phenoxy) is 4. The number of fused-ring (bicyclic) bond motifs is 1. The predicted octanol–water partition coefficient (Wildman–Crippen LogP) is 1.39. The monoisotopic (exact) mass is 382 g/mol. The fraction of sp³-hybridized carbons (Fsp3) is 0.789. The van der Waals surface area contributed by atoms with Crippen molar-refractivity contribution < 1.29 is 38.1 Å². The molecule has 27 heavy (non-hydrogen) atoms. The second kappa shape index (κ2) is 6.80. The first kappa shape index (κ1) is 19.6. The third kappa shape index (κ3) is 3.19. The molecule has 3 rings (SSSR count). The lowest BCUT2D eigenvalue weighted by atomic mass is 9.71. The van der Waals surface area contributed by atoms with Gasteiger partial charge in [-0.25, -0.2) is 4.79 Å². The van der Waals surface area contributed by atoms with Crippen LogP contribution in [0.2, 0.25) is 0 Å². The van der Waals surface area contributed by atoms with Crippen LogP contribution in [0.5, 0.6) is 0 Å². The van der Waals surface area contributed by atoms with E-state index in [-0.39, 0.29) is 18.3 Å². The summed E-state index contributed by atoms with van der Waals surface area (Å²) in [6.45, 7) is 4.89. The van der Waals surface area contributed by atoms with Crippen LogP contribution in [0.15, 0.2) is 0 Å². The van der Waals surface area contributed by atoms with Crippen LogP contribution in [0, 0.1) is 22.7 Å². The van der Waals surface area contributed by atoms with Crippen molar-refractivity contribution in [2.45, 2.75) is 58.7 Å². The van der Waals surface area contributed by atoms with Crippen molar-refractivity contribution >= 4 is 23.9 Å². The number of hydrogen-bond donors (Lipinski definition) is 0. The van der Waals surface area contributed by atoms with E-state index >= 15 is 0 Å². The van der Waals surface area contributed by atoms with Crippen molar-refractivity contribution in [2.75, 3.05) is 13.7 Å². The van der Waals surface area contributed by atoms with Crippen LogP contribution in [0.4, 0.5) is 0 Å². The van der Waals surface area contributed by atoms with Gasteiger partial charge in [-0.05, 0) is 33.1 Å². The average Bonchev–Trinajstić information content (AvgIpc) is 3.21. The van der Waals surface area contributed by atoms with E-state index in [1.807, 2.05) is 6.92 Å². The normalized spacial score (nSPS) is 33.6. The van der Waals surface area contributed by atoms with Gasteiger partial charge in [0.15, 0.2) is 6.61 Å². The molecule has 0 N–H and O–H groups in total. The highest BCUT2D eigenvalue weighted by Crippen LogP contribution is 2.63. The van der Waals surface area contributed by atoms with Gasteiger partial charge >= 0.3 is 23.9 Å². The molecule has 1 saturated heterocycles. The molecule has 8 heteroatoms. The molecule has 150 valence electrons. The zero-order valence-corrected chi connectivity index (χ0v) is 16.1. The minimum atomic E-state index is -0.858. The second-order valence-electron chi connectivity index (χ2n) is 8.35. The molecule has 0 radical (unpaired) electrons. The first-order chi connectivity index (χ1) is 12.6. The highest BCUT2D eigenvalue weighted by Gasteiger charge is 2.71. The van der Waals surface area contributed by atoms with E-state index in [1.165, 1.54) is 7.11 Å². The van der Waals surface area contributed by atoms with Crippen molar-refractivity contribution in [3.05, 3.63) is 0 Å². The van der Waals surface area contributed by atoms with E-state index in [0.29, 0.717) is 19.3 Å². The zero-order valence-electron chi connectivity index (χ0n) is 16.1. The fourth-order valence-electron chi connectivity index (χ4n) is 4.49. The summed E-state index contributed by atoms with van der Waals surface area (Å²) in [4.78, 5) is 48.2. The SMILES string of the molecule is CCC(C)(C)C(=O)OCC(=O)OC1C2CC3C1OC(=O)C3(CC(=O)OC)C2. The van der Waals surface area contributed by atoms with Crippen molar-refractivity contribution in [1.29, 1.82) is 0 Å². The van der Waals surface area contributed by atoms with Crippen LogP contribution in [0.3, 0.4) is 0 Å². The van der Waals surface area contributed by atoms with Gasteiger partial charge in [0.2, 0.25) is 0 Å². The standard InChI is InChI=1S/C19H26O8/c1-5-18(2,3)16(22)25-9-13(21)26-14-10-6-11-15(14)27-17(23)19(11,7-10)8-12(20)24-4/h10-11,14-15H,5-9H2,1-4H3. The molecule has 0 spiro atoms. The zero-order chi connectivity index (χ0) is 20.0. The molecule has 0 aromatic carbocycles. The Morgan fingerprint density at radius 3 is 2.59 bits per heavy atom. The quantitative estimate of drug-likeness (QED) is 0.480. The van der Waals surface area contributed by atoms with E-state index in [0.717, 1.165) is 0 Å². The Balaban J connectivity index is 1.59. The van der Waals surface area contributed by atoms with Gasteiger partial charge in [0, 0.05) is 11.8 Å². The number of carbonyl (C=O) groups excluding carboxylic acids is 4. The van der Waals surface area contributed by atoms with E-state index in [4.69, 9.17) is 18.9 Å². The lowest BCUT2D eigenvalue weighted by Crippen LogP contribution is -2.42. The van der Waals surface area contributed by atoms with Gasteiger partial charge in [-0.1, -0.05) is 6.92 Å². The Kier molecular flexibility index (Phi) is 4.94. The molecule has 3 aliphatic rings. The Morgan fingerprint density at radius 2 is 1.96 bits per heavy atom. The first-order valence-electron chi connectivity index (χ1n) is 9.29. The third-order valence-electron chi connectivity index (χ3n) is 6.44. The summed E-state index contributed by atoms with van der Waals surface area (Å²) in [5.74, 6) is -2.19. The molecular formula is C19H26O8. The molecule has 1 heterocycles. The summed E-state index contributed by atoms with van der Waals surface area (Å²) in [6.07, 6.45) is 0.569. The Bertz CT molecular complexity index is 669. The molecule has 0 amide bonds. The number of esters is 4. The summed E-state index contributed by atoms with van der Waals surface area (Å²) in [5.41, 5.74) is -1.52. The molecule has 3 fully saturated rings. The van der Waals surface area contributed by atoms with Crippen LogP contribution in [-0.2, 0) is 38.1 Å².